The van der Waals surface area contributed by atoms with Crippen LogP contribution >= 0.6 is 0 Å². The van der Waals surface area contributed by atoms with Gasteiger partial charge >= 0.3 is 0 Å². The number of carbonyl (C=O) groups is 1. The maximum absolute atomic E-state index is 13.9. The summed E-state index contributed by atoms with van der Waals surface area (Å²) in [5.41, 5.74) is 1.06. The second kappa shape index (κ2) is 8.69. The van der Waals surface area contributed by atoms with Crippen LogP contribution in [0.2, 0.25) is 0 Å². The average molecular weight is 421 g/mol. The molecule has 0 saturated carbocycles. The minimum atomic E-state index is -3.33. The van der Waals surface area contributed by atoms with Gasteiger partial charge in [0.05, 0.1) is 17.6 Å². The number of rotatable bonds is 6. The van der Waals surface area contributed by atoms with Crippen LogP contribution in [-0.2, 0) is 14.8 Å². The molecule has 2 aromatic rings. The molecular formula is C20H24FN3O4S. The smallest absolute Gasteiger partial charge is 0.260 e. The summed E-state index contributed by atoms with van der Waals surface area (Å²) in [6.07, 6.45) is 1.13. The Morgan fingerprint density at radius 3 is 2.28 bits per heavy atom. The molecule has 1 saturated heterocycles. The minimum absolute atomic E-state index is 0.110. The van der Waals surface area contributed by atoms with Gasteiger partial charge in [0.15, 0.2) is 6.61 Å². The number of piperazine rings is 1. The molecule has 9 heteroatoms. The number of halogens is 1. The van der Waals surface area contributed by atoms with Crippen LogP contribution in [0.5, 0.6) is 5.75 Å². The highest BCUT2D eigenvalue weighted by Gasteiger charge is 2.23. The first kappa shape index (κ1) is 20.9. The number of amides is 1. The summed E-state index contributed by atoms with van der Waals surface area (Å²) in [5.74, 6) is 0.0742. The molecule has 0 aromatic heterocycles. The van der Waals surface area contributed by atoms with Crippen LogP contribution in [0.1, 0.15) is 0 Å². The highest BCUT2D eigenvalue weighted by atomic mass is 32.2. The van der Waals surface area contributed by atoms with Crippen molar-refractivity contribution in [1.29, 1.82) is 0 Å². The summed E-state index contributed by atoms with van der Waals surface area (Å²) < 4.78 is 43.7. The number of hydrogen-bond donors (Lipinski definition) is 0. The molecule has 3 rings (SSSR count). The quantitative estimate of drug-likeness (QED) is 0.713. The van der Waals surface area contributed by atoms with Crippen LogP contribution in [0.3, 0.4) is 0 Å². The number of para-hydroxylation sites is 1. The van der Waals surface area contributed by atoms with Gasteiger partial charge in [0.25, 0.3) is 5.91 Å². The number of sulfonamides is 1. The molecule has 29 heavy (non-hydrogen) atoms. The molecule has 7 nitrogen and oxygen atoms in total. The first-order valence-corrected chi connectivity index (χ1v) is 11.0. The monoisotopic (exact) mass is 421 g/mol. The van der Waals surface area contributed by atoms with Gasteiger partial charge in [0.1, 0.15) is 11.6 Å². The van der Waals surface area contributed by atoms with Crippen LogP contribution in [0.25, 0.3) is 0 Å². The van der Waals surface area contributed by atoms with Gasteiger partial charge in [-0.15, -0.1) is 0 Å². The number of hydrogen-bond acceptors (Lipinski definition) is 5. The van der Waals surface area contributed by atoms with Gasteiger partial charge in [-0.1, -0.05) is 12.1 Å². The molecule has 0 N–H and O–H groups in total. The van der Waals surface area contributed by atoms with E-state index in [1.165, 1.54) is 13.1 Å². The third kappa shape index (κ3) is 5.17. The average Bonchev–Trinajstić information content (AvgIpc) is 2.72. The van der Waals surface area contributed by atoms with Crippen LogP contribution in [0, 0.1) is 5.82 Å². The number of nitrogens with zero attached hydrogens (tertiary/aromatic N) is 3. The van der Waals surface area contributed by atoms with E-state index in [0.29, 0.717) is 43.3 Å². The van der Waals surface area contributed by atoms with E-state index >= 15 is 0 Å². The van der Waals surface area contributed by atoms with Crippen LogP contribution < -0.4 is 13.9 Å². The van der Waals surface area contributed by atoms with E-state index in [1.54, 1.807) is 47.4 Å². The summed E-state index contributed by atoms with van der Waals surface area (Å²) in [5, 5.41) is 0. The summed E-state index contributed by atoms with van der Waals surface area (Å²) in [7, 11) is -1.86. The van der Waals surface area contributed by atoms with Gasteiger partial charge in [-0.05, 0) is 36.4 Å². The molecule has 0 radical (unpaired) electrons. The number of benzene rings is 2. The molecule has 1 aliphatic heterocycles. The zero-order valence-electron chi connectivity index (χ0n) is 16.4. The molecule has 1 heterocycles. The number of carbonyl (C=O) groups excluding carboxylic acids is 1. The Labute approximate surface area is 170 Å². The summed E-state index contributed by atoms with van der Waals surface area (Å²) in [6.45, 7) is 1.99. The minimum Gasteiger partial charge on any atom is -0.484 e. The first-order valence-electron chi connectivity index (χ1n) is 9.20. The maximum atomic E-state index is 13.9. The third-order valence-corrected chi connectivity index (χ3v) is 6.09. The van der Waals surface area contributed by atoms with E-state index in [2.05, 4.69) is 0 Å². The summed E-state index contributed by atoms with van der Waals surface area (Å²) >= 11 is 0. The molecule has 1 aliphatic rings. The van der Waals surface area contributed by atoms with Crippen LogP contribution in [0.15, 0.2) is 48.5 Å². The Bertz CT molecular complexity index is 958. The second-order valence-electron chi connectivity index (χ2n) is 6.83. The highest BCUT2D eigenvalue weighted by molar-refractivity contribution is 7.92. The third-order valence-electron chi connectivity index (χ3n) is 4.89. The molecule has 0 aliphatic carbocycles. The molecular weight excluding hydrogens is 397 g/mol. The van der Waals surface area contributed by atoms with Crippen LogP contribution in [-0.4, -0.2) is 65.3 Å². The van der Waals surface area contributed by atoms with E-state index in [9.17, 15) is 17.6 Å². The molecule has 0 bridgehead atoms. The fraction of sp³-hybridized carbons (Fsp3) is 0.350. The van der Waals surface area contributed by atoms with Crippen molar-refractivity contribution in [3.63, 3.8) is 0 Å². The Hall–Kier alpha value is -2.81. The number of anilines is 2. The van der Waals surface area contributed by atoms with Gasteiger partial charge in [0, 0.05) is 33.2 Å². The predicted octanol–water partition coefficient (Wildman–Crippen LogP) is 1.95. The lowest BCUT2D eigenvalue weighted by molar-refractivity contribution is -0.133. The van der Waals surface area contributed by atoms with Crippen molar-refractivity contribution in [2.24, 2.45) is 0 Å². The van der Waals surface area contributed by atoms with Gasteiger partial charge in [-0.2, -0.15) is 0 Å². The zero-order chi connectivity index (χ0) is 21.0. The van der Waals surface area contributed by atoms with E-state index in [0.717, 1.165) is 10.6 Å². The van der Waals surface area contributed by atoms with Crippen molar-refractivity contribution < 1.29 is 22.3 Å². The predicted molar refractivity (Wildman–Crippen MR) is 110 cm³/mol. The highest BCUT2D eigenvalue weighted by Crippen LogP contribution is 2.21. The van der Waals surface area contributed by atoms with E-state index in [-0.39, 0.29) is 18.3 Å². The van der Waals surface area contributed by atoms with Gasteiger partial charge in [-0.3, -0.25) is 9.10 Å². The Morgan fingerprint density at radius 2 is 1.69 bits per heavy atom. The van der Waals surface area contributed by atoms with Gasteiger partial charge in [-0.25, -0.2) is 12.8 Å². The molecule has 1 amide bonds. The van der Waals surface area contributed by atoms with Crippen LogP contribution in [0.4, 0.5) is 15.8 Å². The standard InChI is InChI=1S/C20H24FN3O4S/c1-22(29(2,26)27)16-7-9-17(10-8-16)28-15-20(25)24-13-11-23(12-14-24)19-6-4-3-5-18(19)21/h3-10H,11-15H2,1-2H3. The molecule has 0 atom stereocenters. The molecule has 2 aromatic carbocycles. The number of ether oxygens (including phenoxy) is 1. The summed E-state index contributed by atoms with van der Waals surface area (Å²) in [4.78, 5) is 16.0. The van der Waals surface area contributed by atoms with E-state index in [4.69, 9.17) is 4.74 Å². The van der Waals surface area contributed by atoms with Crippen molar-refractivity contribution in [2.75, 3.05) is 55.3 Å². The van der Waals surface area contributed by atoms with Crippen molar-refractivity contribution in [1.82, 2.24) is 4.90 Å². The lowest BCUT2D eigenvalue weighted by Crippen LogP contribution is -2.50. The molecule has 0 spiro atoms. The lowest BCUT2D eigenvalue weighted by atomic mass is 10.2. The Kier molecular flexibility index (Phi) is 6.26. The Balaban J connectivity index is 1.50. The van der Waals surface area contributed by atoms with Gasteiger partial charge < -0.3 is 14.5 Å². The maximum Gasteiger partial charge on any atom is 0.260 e. The second-order valence-corrected chi connectivity index (χ2v) is 8.85. The fourth-order valence-electron chi connectivity index (χ4n) is 3.09. The lowest BCUT2D eigenvalue weighted by Gasteiger charge is -2.36. The Morgan fingerprint density at radius 1 is 1.07 bits per heavy atom. The molecule has 156 valence electrons. The topological polar surface area (TPSA) is 70.2 Å². The normalized spacial score (nSPS) is 14.6. The largest absolute Gasteiger partial charge is 0.484 e. The van der Waals surface area contributed by atoms with Crippen molar-refractivity contribution in [2.45, 2.75) is 0 Å². The van der Waals surface area contributed by atoms with E-state index in [1.807, 2.05) is 4.90 Å². The SMILES string of the molecule is CN(c1ccc(OCC(=O)N2CCN(c3ccccc3F)CC2)cc1)S(C)(=O)=O. The fourth-order valence-corrected chi connectivity index (χ4v) is 3.59. The van der Waals surface area contributed by atoms with Crippen molar-refractivity contribution >= 4 is 27.3 Å². The van der Waals surface area contributed by atoms with Crippen molar-refractivity contribution in [3.8, 4) is 5.75 Å². The van der Waals surface area contributed by atoms with Crippen molar-refractivity contribution in [3.05, 3.63) is 54.3 Å². The summed E-state index contributed by atoms with van der Waals surface area (Å²) in [6, 6.07) is 13.1. The molecule has 1 fully saturated rings. The first-order chi connectivity index (χ1) is 13.8. The van der Waals surface area contributed by atoms with E-state index < -0.39 is 10.0 Å². The van der Waals surface area contributed by atoms with Gasteiger partial charge in [0.2, 0.25) is 10.0 Å². The zero-order valence-corrected chi connectivity index (χ0v) is 17.2. The molecule has 0 unspecified atom stereocenters.